The van der Waals surface area contributed by atoms with Gasteiger partial charge in [0, 0.05) is 28.1 Å². The molecule has 0 aliphatic rings. The van der Waals surface area contributed by atoms with Gasteiger partial charge in [-0.25, -0.2) is 0 Å². The zero-order valence-corrected chi connectivity index (χ0v) is 14.3. The third kappa shape index (κ3) is 3.69. The summed E-state index contributed by atoms with van der Waals surface area (Å²) < 4.78 is 6.54. The molecule has 0 amide bonds. The molecule has 1 aromatic carbocycles. The predicted molar refractivity (Wildman–Crippen MR) is 91.9 cm³/mol. The predicted octanol–water partition coefficient (Wildman–Crippen LogP) is 2.67. The Morgan fingerprint density at radius 1 is 1.08 bits per heavy atom. The zero-order chi connectivity index (χ0) is 17.1. The standard InChI is InChI=1S/C15H11BrN8O/c16-11-3-5-12(6-4-11)18-15-21-19-13(25-15)9-24-22-14(20-23-24)10-2-1-7-17-8-10/h1-8H,9H2,(H,18,21). The molecule has 0 saturated heterocycles. The Hall–Kier alpha value is -3.14. The highest BCUT2D eigenvalue weighted by Crippen LogP contribution is 2.18. The van der Waals surface area contributed by atoms with Crippen LogP contribution in [0.5, 0.6) is 0 Å². The van der Waals surface area contributed by atoms with Gasteiger partial charge in [-0.1, -0.05) is 21.0 Å². The van der Waals surface area contributed by atoms with Gasteiger partial charge in [-0.05, 0) is 41.6 Å². The molecule has 0 saturated carbocycles. The Morgan fingerprint density at radius 2 is 1.96 bits per heavy atom. The molecule has 0 unspecified atom stereocenters. The third-order valence-corrected chi connectivity index (χ3v) is 3.74. The number of hydrogen-bond acceptors (Lipinski definition) is 8. The Labute approximate surface area is 150 Å². The third-order valence-electron chi connectivity index (χ3n) is 3.21. The lowest BCUT2D eigenvalue weighted by Gasteiger charge is -2.00. The number of rotatable bonds is 5. The Kier molecular flexibility index (Phi) is 4.17. The van der Waals surface area contributed by atoms with Crippen LogP contribution < -0.4 is 5.32 Å². The average Bonchev–Trinajstić information content (AvgIpc) is 3.28. The van der Waals surface area contributed by atoms with Crippen LogP contribution in [0.15, 0.2) is 57.7 Å². The van der Waals surface area contributed by atoms with Gasteiger partial charge in [-0.2, -0.15) is 4.80 Å². The molecule has 3 aromatic heterocycles. The van der Waals surface area contributed by atoms with Gasteiger partial charge < -0.3 is 9.73 Å². The molecule has 3 heterocycles. The molecule has 4 aromatic rings. The lowest BCUT2D eigenvalue weighted by molar-refractivity contribution is 0.448. The molecule has 0 aliphatic carbocycles. The molecule has 124 valence electrons. The first-order valence-electron chi connectivity index (χ1n) is 7.29. The van der Waals surface area contributed by atoms with Crippen LogP contribution in [-0.2, 0) is 6.54 Å². The molecular formula is C15H11BrN8O. The summed E-state index contributed by atoms with van der Waals surface area (Å²) in [5.41, 5.74) is 1.63. The first-order valence-corrected chi connectivity index (χ1v) is 8.09. The number of aromatic nitrogens is 7. The maximum Gasteiger partial charge on any atom is 0.320 e. The fourth-order valence-corrected chi connectivity index (χ4v) is 2.33. The molecule has 0 spiro atoms. The van der Waals surface area contributed by atoms with E-state index in [0.717, 1.165) is 15.7 Å². The highest BCUT2D eigenvalue weighted by atomic mass is 79.9. The average molecular weight is 399 g/mol. The van der Waals surface area contributed by atoms with E-state index in [4.69, 9.17) is 4.42 Å². The quantitative estimate of drug-likeness (QED) is 0.546. The first-order chi connectivity index (χ1) is 12.3. The van der Waals surface area contributed by atoms with Crippen molar-refractivity contribution in [2.45, 2.75) is 6.54 Å². The summed E-state index contributed by atoms with van der Waals surface area (Å²) in [4.78, 5) is 5.42. The van der Waals surface area contributed by atoms with E-state index in [9.17, 15) is 0 Å². The van der Waals surface area contributed by atoms with Gasteiger partial charge in [0.1, 0.15) is 6.54 Å². The summed E-state index contributed by atoms with van der Waals surface area (Å²) in [7, 11) is 0. The van der Waals surface area contributed by atoms with E-state index < -0.39 is 0 Å². The van der Waals surface area contributed by atoms with E-state index in [1.807, 2.05) is 36.4 Å². The van der Waals surface area contributed by atoms with Crippen LogP contribution >= 0.6 is 15.9 Å². The molecule has 0 fully saturated rings. The maximum atomic E-state index is 5.55. The number of pyridine rings is 1. The van der Waals surface area contributed by atoms with Crippen molar-refractivity contribution < 1.29 is 4.42 Å². The molecule has 25 heavy (non-hydrogen) atoms. The van der Waals surface area contributed by atoms with Gasteiger partial charge in [0.05, 0.1) is 0 Å². The smallest absolute Gasteiger partial charge is 0.320 e. The van der Waals surface area contributed by atoms with Crippen LogP contribution in [0.3, 0.4) is 0 Å². The topological polar surface area (TPSA) is 107 Å². The highest BCUT2D eigenvalue weighted by molar-refractivity contribution is 9.10. The van der Waals surface area contributed by atoms with E-state index in [-0.39, 0.29) is 6.54 Å². The Balaban J connectivity index is 1.44. The van der Waals surface area contributed by atoms with Crippen LogP contribution in [0.25, 0.3) is 11.4 Å². The van der Waals surface area contributed by atoms with Gasteiger partial charge in [0.2, 0.25) is 11.7 Å². The molecule has 1 N–H and O–H groups in total. The summed E-state index contributed by atoms with van der Waals surface area (Å²) in [6.45, 7) is 0.224. The van der Waals surface area contributed by atoms with Gasteiger partial charge in [-0.3, -0.25) is 4.98 Å². The molecule has 10 heteroatoms. The normalized spacial score (nSPS) is 10.8. The Morgan fingerprint density at radius 3 is 2.76 bits per heavy atom. The SMILES string of the molecule is Brc1ccc(Nc2nnc(Cn3nnc(-c4cccnc4)n3)o2)cc1. The second-order valence-electron chi connectivity index (χ2n) is 5.02. The monoisotopic (exact) mass is 398 g/mol. The number of hydrogen-bond donors (Lipinski definition) is 1. The number of benzene rings is 1. The number of tetrazole rings is 1. The summed E-state index contributed by atoms with van der Waals surface area (Å²) >= 11 is 3.39. The Bertz CT molecular complexity index is 967. The lowest BCUT2D eigenvalue weighted by atomic mass is 10.3. The van der Waals surface area contributed by atoms with Gasteiger partial charge in [0.25, 0.3) is 0 Å². The van der Waals surface area contributed by atoms with Crippen molar-refractivity contribution in [3.63, 3.8) is 0 Å². The summed E-state index contributed by atoms with van der Waals surface area (Å²) in [6, 6.07) is 11.6. The molecule has 0 bridgehead atoms. The summed E-state index contributed by atoms with van der Waals surface area (Å²) in [6.07, 6.45) is 3.36. The van der Waals surface area contributed by atoms with E-state index in [1.54, 1.807) is 12.4 Å². The van der Waals surface area contributed by atoms with Crippen LogP contribution in [0.1, 0.15) is 5.89 Å². The van der Waals surface area contributed by atoms with Crippen molar-refractivity contribution in [3.05, 3.63) is 59.2 Å². The van der Waals surface area contributed by atoms with Crippen LogP contribution in [0.2, 0.25) is 0 Å². The maximum absolute atomic E-state index is 5.55. The van der Waals surface area contributed by atoms with Gasteiger partial charge >= 0.3 is 6.01 Å². The second kappa shape index (κ2) is 6.77. The summed E-state index contributed by atoms with van der Waals surface area (Å²) in [5, 5.41) is 23.2. The molecule has 4 rings (SSSR count). The second-order valence-corrected chi connectivity index (χ2v) is 5.93. The van der Waals surface area contributed by atoms with Crippen LogP contribution in [0.4, 0.5) is 11.7 Å². The van der Waals surface area contributed by atoms with E-state index in [1.165, 1.54) is 4.80 Å². The molecular weight excluding hydrogens is 388 g/mol. The lowest BCUT2D eigenvalue weighted by Crippen LogP contribution is -2.04. The molecule has 0 radical (unpaired) electrons. The summed E-state index contributed by atoms with van der Waals surface area (Å²) in [5.74, 6) is 0.857. The fraction of sp³-hybridized carbons (Fsp3) is 0.0667. The van der Waals surface area contributed by atoms with Crippen LogP contribution in [0, 0.1) is 0 Å². The van der Waals surface area contributed by atoms with Gasteiger partial charge in [-0.15, -0.1) is 15.3 Å². The minimum atomic E-state index is 0.224. The minimum absolute atomic E-state index is 0.224. The van der Waals surface area contributed by atoms with Crippen molar-refractivity contribution in [3.8, 4) is 11.4 Å². The molecule has 0 atom stereocenters. The largest absolute Gasteiger partial charge is 0.406 e. The zero-order valence-electron chi connectivity index (χ0n) is 12.7. The van der Waals surface area contributed by atoms with Crippen molar-refractivity contribution in [1.82, 2.24) is 35.4 Å². The van der Waals surface area contributed by atoms with Crippen molar-refractivity contribution in [1.29, 1.82) is 0 Å². The molecule has 9 nitrogen and oxygen atoms in total. The van der Waals surface area contributed by atoms with Crippen molar-refractivity contribution in [2.75, 3.05) is 5.32 Å². The van der Waals surface area contributed by atoms with Crippen molar-refractivity contribution in [2.24, 2.45) is 0 Å². The number of nitrogens with zero attached hydrogens (tertiary/aromatic N) is 7. The number of anilines is 2. The number of nitrogens with one attached hydrogen (secondary N) is 1. The van der Waals surface area contributed by atoms with E-state index >= 15 is 0 Å². The van der Waals surface area contributed by atoms with Crippen LogP contribution in [-0.4, -0.2) is 35.4 Å². The first kappa shape index (κ1) is 15.4. The number of halogens is 1. The fourth-order valence-electron chi connectivity index (χ4n) is 2.07. The molecule has 0 aliphatic heterocycles. The highest BCUT2D eigenvalue weighted by Gasteiger charge is 2.11. The van der Waals surface area contributed by atoms with Gasteiger partial charge in [0.15, 0.2) is 0 Å². The van der Waals surface area contributed by atoms with E-state index in [2.05, 4.69) is 51.8 Å². The van der Waals surface area contributed by atoms with E-state index in [0.29, 0.717) is 17.7 Å². The van der Waals surface area contributed by atoms with Crippen molar-refractivity contribution >= 4 is 27.6 Å². The minimum Gasteiger partial charge on any atom is -0.406 e.